The predicted molar refractivity (Wildman–Crippen MR) is 111 cm³/mol. The van der Waals surface area contributed by atoms with Crippen molar-refractivity contribution in [1.29, 1.82) is 0 Å². The largest absolute Gasteiger partial charge is 0.493 e. The quantitative estimate of drug-likeness (QED) is 0.710. The van der Waals surface area contributed by atoms with Gasteiger partial charge in [0.25, 0.3) is 0 Å². The van der Waals surface area contributed by atoms with Gasteiger partial charge in [-0.2, -0.15) is 0 Å². The van der Waals surface area contributed by atoms with E-state index < -0.39 is 0 Å². The zero-order chi connectivity index (χ0) is 18.7. The normalized spacial score (nSPS) is 18.6. The van der Waals surface area contributed by atoms with Crippen LogP contribution in [0.3, 0.4) is 0 Å². The van der Waals surface area contributed by atoms with E-state index in [1.54, 1.807) is 21.3 Å². The second-order valence-electron chi connectivity index (χ2n) is 7.18. The standard InChI is InChI=1S/C21H23NO5.BrH/c1-22-6-5-12-17-14(22)7-11-8-15(23-2)16(24-3)9-13(11)18(17)20-21(19(12)25-4)27-10-26-20;/h8-9,14H,5-7,10H2,1-4H3;1H/t14-;/m0./s1. The number of fused-ring (bicyclic) bond motifs is 4. The summed E-state index contributed by atoms with van der Waals surface area (Å²) in [6, 6.07) is 4.42. The van der Waals surface area contributed by atoms with Crippen LogP contribution < -0.4 is 23.7 Å². The van der Waals surface area contributed by atoms with Gasteiger partial charge >= 0.3 is 0 Å². The molecule has 0 N–H and O–H groups in total. The van der Waals surface area contributed by atoms with Crippen LogP contribution in [0.25, 0.3) is 11.1 Å². The summed E-state index contributed by atoms with van der Waals surface area (Å²) >= 11 is 0. The molecule has 28 heavy (non-hydrogen) atoms. The topological polar surface area (TPSA) is 49.4 Å². The highest BCUT2D eigenvalue weighted by Gasteiger charge is 2.41. The maximum absolute atomic E-state index is 5.94. The van der Waals surface area contributed by atoms with Crippen molar-refractivity contribution in [2.45, 2.75) is 18.9 Å². The summed E-state index contributed by atoms with van der Waals surface area (Å²) < 4.78 is 28.6. The highest BCUT2D eigenvalue weighted by molar-refractivity contribution is 8.93. The Labute approximate surface area is 175 Å². The zero-order valence-electron chi connectivity index (χ0n) is 16.5. The van der Waals surface area contributed by atoms with Crippen molar-refractivity contribution >= 4 is 17.0 Å². The molecule has 0 bridgehead atoms. The monoisotopic (exact) mass is 449 g/mol. The minimum Gasteiger partial charge on any atom is -0.493 e. The Bertz CT molecular complexity index is 945. The average Bonchev–Trinajstić information content (AvgIpc) is 3.18. The van der Waals surface area contributed by atoms with E-state index >= 15 is 0 Å². The highest BCUT2D eigenvalue weighted by Crippen LogP contribution is 2.59. The van der Waals surface area contributed by atoms with Crippen molar-refractivity contribution in [3.63, 3.8) is 0 Å². The molecule has 0 unspecified atom stereocenters. The van der Waals surface area contributed by atoms with Crippen LogP contribution in [0.5, 0.6) is 28.7 Å². The number of likely N-dealkylation sites (N-methyl/N-ethyl adjacent to an activating group) is 1. The molecule has 2 aliphatic heterocycles. The molecule has 0 spiro atoms. The fraction of sp³-hybridized carbons (Fsp3) is 0.429. The van der Waals surface area contributed by atoms with E-state index in [4.69, 9.17) is 23.7 Å². The van der Waals surface area contributed by atoms with Crippen LogP contribution in [0, 0.1) is 0 Å². The van der Waals surface area contributed by atoms with E-state index in [-0.39, 0.29) is 29.8 Å². The van der Waals surface area contributed by atoms with Gasteiger partial charge in [0.15, 0.2) is 23.0 Å². The molecule has 2 aromatic carbocycles. The molecule has 7 heteroatoms. The van der Waals surface area contributed by atoms with Gasteiger partial charge in [0.2, 0.25) is 12.5 Å². The Kier molecular flexibility index (Phi) is 4.83. The molecule has 1 aliphatic carbocycles. The number of hydrogen-bond acceptors (Lipinski definition) is 6. The first kappa shape index (κ1) is 19.2. The Morgan fingerprint density at radius 2 is 1.71 bits per heavy atom. The maximum atomic E-state index is 5.94. The second-order valence-corrected chi connectivity index (χ2v) is 7.18. The first-order valence-electron chi connectivity index (χ1n) is 9.15. The van der Waals surface area contributed by atoms with Crippen LogP contribution in [0.15, 0.2) is 12.1 Å². The summed E-state index contributed by atoms with van der Waals surface area (Å²) in [5, 5.41) is 0. The smallest absolute Gasteiger partial charge is 0.231 e. The van der Waals surface area contributed by atoms with Crippen molar-refractivity contribution in [1.82, 2.24) is 4.90 Å². The molecule has 1 atom stereocenters. The summed E-state index contributed by atoms with van der Waals surface area (Å²) in [7, 11) is 7.22. The molecule has 0 saturated heterocycles. The molecule has 0 saturated carbocycles. The number of halogens is 1. The fourth-order valence-corrected chi connectivity index (χ4v) is 4.72. The SMILES string of the molecule is Br.COc1cc2c(cc1OC)-c1c3c(c(OC)c4c1[C@H](C2)N(C)CC4)OCO3. The third-order valence-corrected chi connectivity index (χ3v) is 5.99. The number of hydrogen-bond donors (Lipinski definition) is 0. The van der Waals surface area contributed by atoms with Crippen LogP contribution in [0.2, 0.25) is 0 Å². The molecule has 2 heterocycles. The molecule has 0 radical (unpaired) electrons. The minimum absolute atomic E-state index is 0. The van der Waals surface area contributed by atoms with E-state index in [9.17, 15) is 0 Å². The van der Waals surface area contributed by atoms with Gasteiger partial charge in [0, 0.05) is 23.7 Å². The first-order chi connectivity index (χ1) is 13.2. The minimum atomic E-state index is 0. The third-order valence-electron chi connectivity index (χ3n) is 5.99. The molecule has 0 aromatic heterocycles. The second kappa shape index (κ2) is 7.04. The van der Waals surface area contributed by atoms with Gasteiger partial charge in [-0.25, -0.2) is 0 Å². The van der Waals surface area contributed by atoms with Crippen LogP contribution in [0.4, 0.5) is 0 Å². The van der Waals surface area contributed by atoms with Gasteiger partial charge in [-0.15, -0.1) is 17.0 Å². The van der Waals surface area contributed by atoms with Crippen LogP contribution in [-0.4, -0.2) is 46.6 Å². The third kappa shape index (κ3) is 2.49. The molecule has 3 aliphatic rings. The first-order valence-corrected chi connectivity index (χ1v) is 9.15. The van der Waals surface area contributed by atoms with Crippen molar-refractivity contribution in [2.24, 2.45) is 0 Å². The molecule has 150 valence electrons. The van der Waals surface area contributed by atoms with E-state index in [1.807, 2.05) is 0 Å². The summed E-state index contributed by atoms with van der Waals surface area (Å²) in [5.74, 6) is 3.79. The van der Waals surface area contributed by atoms with Crippen LogP contribution >= 0.6 is 17.0 Å². The Hall–Kier alpha value is -2.12. The number of rotatable bonds is 3. The van der Waals surface area contributed by atoms with Crippen molar-refractivity contribution in [2.75, 3.05) is 41.7 Å². The lowest BCUT2D eigenvalue weighted by Crippen LogP contribution is -2.35. The molecular weight excluding hydrogens is 426 g/mol. The summed E-state index contributed by atoms with van der Waals surface area (Å²) in [6.07, 6.45) is 1.84. The van der Waals surface area contributed by atoms with E-state index in [0.29, 0.717) is 0 Å². The van der Waals surface area contributed by atoms with Gasteiger partial charge in [-0.1, -0.05) is 0 Å². The predicted octanol–water partition coefficient (Wildman–Crippen LogP) is 3.77. The molecule has 2 aromatic rings. The number of benzene rings is 2. The van der Waals surface area contributed by atoms with Crippen LogP contribution in [-0.2, 0) is 12.8 Å². The molecule has 0 amide bonds. The van der Waals surface area contributed by atoms with Gasteiger partial charge in [0.05, 0.1) is 21.3 Å². The van der Waals surface area contributed by atoms with Crippen molar-refractivity contribution in [3.05, 3.63) is 28.8 Å². The Morgan fingerprint density at radius 3 is 2.43 bits per heavy atom. The van der Waals surface area contributed by atoms with Crippen LogP contribution in [0.1, 0.15) is 22.7 Å². The zero-order valence-corrected chi connectivity index (χ0v) is 18.2. The van der Waals surface area contributed by atoms with Gasteiger partial charge < -0.3 is 23.7 Å². The number of nitrogens with zero attached hydrogens (tertiary/aromatic N) is 1. The molecule has 6 nitrogen and oxygen atoms in total. The van der Waals surface area contributed by atoms with E-state index in [1.165, 1.54) is 16.7 Å². The Balaban J connectivity index is 0.00000192. The summed E-state index contributed by atoms with van der Waals surface area (Å²) in [4.78, 5) is 2.41. The number of methoxy groups -OCH3 is 3. The van der Waals surface area contributed by atoms with Gasteiger partial charge in [-0.05, 0) is 48.7 Å². The van der Waals surface area contributed by atoms with Gasteiger partial charge in [-0.3, -0.25) is 4.90 Å². The number of ether oxygens (including phenoxy) is 5. The lowest BCUT2D eigenvalue weighted by atomic mass is 9.76. The van der Waals surface area contributed by atoms with Crippen molar-refractivity contribution < 1.29 is 23.7 Å². The highest BCUT2D eigenvalue weighted by atomic mass is 79.9. The summed E-state index contributed by atoms with van der Waals surface area (Å²) in [5.41, 5.74) is 5.99. The summed E-state index contributed by atoms with van der Waals surface area (Å²) in [6.45, 7) is 1.19. The lowest BCUT2D eigenvalue weighted by Gasteiger charge is -2.40. The molecule has 5 rings (SSSR count). The average molecular weight is 450 g/mol. The maximum Gasteiger partial charge on any atom is 0.231 e. The van der Waals surface area contributed by atoms with Crippen molar-refractivity contribution in [3.8, 4) is 39.9 Å². The lowest BCUT2D eigenvalue weighted by molar-refractivity contribution is 0.171. The molecule has 0 fully saturated rings. The Morgan fingerprint density at radius 1 is 1.00 bits per heavy atom. The van der Waals surface area contributed by atoms with E-state index in [2.05, 4.69) is 24.1 Å². The fourth-order valence-electron chi connectivity index (χ4n) is 4.72. The molecular formula is C21H24BrNO5. The van der Waals surface area contributed by atoms with Gasteiger partial charge in [0.1, 0.15) is 0 Å². The van der Waals surface area contributed by atoms with E-state index in [0.717, 1.165) is 59.3 Å².